The lowest BCUT2D eigenvalue weighted by Gasteiger charge is -2.40. The highest BCUT2D eigenvalue weighted by molar-refractivity contribution is 9.10. The summed E-state index contributed by atoms with van der Waals surface area (Å²) in [5.74, 6) is -1.18. The van der Waals surface area contributed by atoms with Crippen LogP contribution >= 0.6 is 15.9 Å². The molecule has 2 aliphatic heterocycles. The predicted octanol–water partition coefficient (Wildman–Crippen LogP) is 2.84. The van der Waals surface area contributed by atoms with Crippen molar-refractivity contribution in [3.63, 3.8) is 0 Å². The summed E-state index contributed by atoms with van der Waals surface area (Å²) in [5.41, 5.74) is 0.558. The number of aliphatic imine (C=N–C) groups is 1. The Balaban J connectivity index is 2.02. The molecule has 1 saturated heterocycles. The van der Waals surface area contributed by atoms with Crippen LogP contribution in [0.4, 0.5) is 10.2 Å². The summed E-state index contributed by atoms with van der Waals surface area (Å²) in [6.45, 7) is 3.66. The highest BCUT2D eigenvalue weighted by Gasteiger charge is 2.50. The molecule has 142 valence electrons. The highest BCUT2D eigenvalue weighted by atomic mass is 79.9. The number of benzene rings is 1. The molecule has 2 aromatic rings. The van der Waals surface area contributed by atoms with Crippen molar-refractivity contribution in [2.24, 2.45) is 25.0 Å². The molecule has 2 aliphatic rings. The fourth-order valence-corrected chi connectivity index (χ4v) is 4.28. The number of carbonyl (C=O) groups excluding carboxylic acids is 1. The summed E-state index contributed by atoms with van der Waals surface area (Å²) in [6, 6.07) is 4.60. The van der Waals surface area contributed by atoms with Crippen LogP contribution in [-0.4, -0.2) is 33.1 Å². The van der Waals surface area contributed by atoms with E-state index in [1.807, 2.05) is 0 Å². The van der Waals surface area contributed by atoms with Crippen LogP contribution < -0.4 is 5.56 Å². The molecule has 4 rings (SSSR count). The Hall–Kier alpha value is -2.06. The van der Waals surface area contributed by atoms with Gasteiger partial charge >= 0.3 is 0 Å². The molecule has 1 aromatic carbocycles. The van der Waals surface area contributed by atoms with Crippen LogP contribution in [0.2, 0.25) is 0 Å². The summed E-state index contributed by atoms with van der Waals surface area (Å²) in [7, 11) is 3.40. The lowest BCUT2D eigenvalue weighted by atomic mass is 9.71. The molecule has 0 aliphatic carbocycles. The Kier molecular flexibility index (Phi) is 4.05. The van der Waals surface area contributed by atoms with Gasteiger partial charge in [0.25, 0.3) is 5.56 Å². The smallest absolute Gasteiger partial charge is 0.272 e. The van der Waals surface area contributed by atoms with Gasteiger partial charge in [-0.3, -0.25) is 19.0 Å². The second-order valence-corrected chi connectivity index (χ2v) is 8.34. The third kappa shape index (κ3) is 2.57. The van der Waals surface area contributed by atoms with Crippen molar-refractivity contribution in [1.82, 2.24) is 9.36 Å². The number of hydrogen-bond acceptors (Lipinski definition) is 4. The molecule has 8 heteroatoms. The molecular weight excluding hydrogens is 417 g/mol. The number of aromatic nitrogens is 2. The summed E-state index contributed by atoms with van der Waals surface area (Å²) in [5, 5.41) is 0. The molecule has 6 nitrogen and oxygen atoms in total. The monoisotopic (exact) mass is 435 g/mol. The third-order valence-electron chi connectivity index (χ3n) is 5.53. The van der Waals surface area contributed by atoms with Crippen molar-refractivity contribution >= 4 is 33.2 Å². The van der Waals surface area contributed by atoms with Gasteiger partial charge in [-0.2, -0.15) is 0 Å². The third-order valence-corrected chi connectivity index (χ3v) is 6.14. The molecule has 2 unspecified atom stereocenters. The van der Waals surface area contributed by atoms with E-state index in [1.54, 1.807) is 44.8 Å². The maximum atomic E-state index is 13.8. The van der Waals surface area contributed by atoms with Gasteiger partial charge in [-0.05, 0) is 47.5 Å². The van der Waals surface area contributed by atoms with Crippen LogP contribution in [0.5, 0.6) is 0 Å². The Morgan fingerprint density at radius 3 is 2.59 bits per heavy atom. The van der Waals surface area contributed by atoms with Crippen molar-refractivity contribution in [2.75, 3.05) is 6.61 Å². The van der Waals surface area contributed by atoms with Crippen molar-refractivity contribution in [3.05, 3.63) is 50.0 Å². The minimum Gasteiger partial charge on any atom is -0.362 e. The van der Waals surface area contributed by atoms with Crippen LogP contribution in [0.15, 0.2) is 32.5 Å². The Bertz CT molecular complexity index is 1070. The maximum Gasteiger partial charge on any atom is 0.272 e. The van der Waals surface area contributed by atoms with Crippen LogP contribution in [0.1, 0.15) is 30.9 Å². The van der Waals surface area contributed by atoms with E-state index in [-0.39, 0.29) is 22.4 Å². The van der Waals surface area contributed by atoms with Crippen molar-refractivity contribution in [3.8, 4) is 0 Å². The first kappa shape index (κ1) is 18.3. The van der Waals surface area contributed by atoms with E-state index in [9.17, 15) is 14.0 Å². The number of carbonyl (C=O) groups is 1. The molecule has 27 heavy (non-hydrogen) atoms. The number of fused-ring (bicyclic) bond motifs is 2. The van der Waals surface area contributed by atoms with E-state index in [4.69, 9.17) is 4.74 Å². The summed E-state index contributed by atoms with van der Waals surface area (Å²) in [6.07, 6.45) is 0. The van der Waals surface area contributed by atoms with Crippen molar-refractivity contribution in [1.29, 1.82) is 0 Å². The van der Waals surface area contributed by atoms with Gasteiger partial charge in [-0.1, -0.05) is 6.07 Å². The number of nitrogens with zero attached hydrogens (tertiary/aromatic N) is 3. The number of ketones is 1. The van der Waals surface area contributed by atoms with Crippen molar-refractivity contribution < 1.29 is 13.9 Å². The highest BCUT2D eigenvalue weighted by Crippen LogP contribution is 2.45. The molecule has 3 heterocycles. The van der Waals surface area contributed by atoms with Gasteiger partial charge in [0.15, 0.2) is 11.6 Å². The molecule has 0 spiro atoms. The number of ether oxygens (including phenoxy) is 1. The van der Waals surface area contributed by atoms with E-state index >= 15 is 0 Å². The van der Waals surface area contributed by atoms with Gasteiger partial charge in [-0.25, -0.2) is 9.38 Å². The number of hydrogen-bond donors (Lipinski definition) is 0. The largest absolute Gasteiger partial charge is 0.362 e. The van der Waals surface area contributed by atoms with Crippen molar-refractivity contribution in [2.45, 2.75) is 25.4 Å². The average molecular weight is 436 g/mol. The number of Topliss-reactive ketones (excluding diaryl/α,β-unsaturated/α-hetero) is 1. The van der Waals surface area contributed by atoms with Crippen LogP contribution in [0.3, 0.4) is 0 Å². The first-order chi connectivity index (χ1) is 12.6. The first-order valence-electron chi connectivity index (χ1n) is 8.60. The topological polar surface area (TPSA) is 65.6 Å². The van der Waals surface area contributed by atoms with E-state index < -0.39 is 23.3 Å². The van der Waals surface area contributed by atoms with Gasteiger partial charge in [0.05, 0.1) is 28.3 Å². The molecule has 0 radical (unpaired) electrons. The second kappa shape index (κ2) is 5.97. The molecule has 2 atom stereocenters. The Labute approximate surface area is 163 Å². The van der Waals surface area contributed by atoms with E-state index in [1.165, 1.54) is 10.7 Å². The van der Waals surface area contributed by atoms with E-state index in [0.717, 1.165) is 0 Å². The molecule has 0 bridgehead atoms. The lowest BCUT2D eigenvalue weighted by Crippen LogP contribution is -2.53. The zero-order chi connectivity index (χ0) is 19.7. The molecule has 1 aromatic heterocycles. The zero-order valence-corrected chi connectivity index (χ0v) is 17.0. The van der Waals surface area contributed by atoms with Gasteiger partial charge in [0.1, 0.15) is 11.4 Å². The number of rotatable bonds is 1. The Morgan fingerprint density at radius 1 is 1.22 bits per heavy atom. The molecular formula is C19H19BrFN3O3. The van der Waals surface area contributed by atoms with E-state index in [2.05, 4.69) is 20.9 Å². The van der Waals surface area contributed by atoms with Gasteiger partial charge in [0, 0.05) is 20.0 Å². The van der Waals surface area contributed by atoms with Gasteiger partial charge in [-0.15, -0.1) is 0 Å². The lowest BCUT2D eigenvalue weighted by molar-refractivity contribution is -0.144. The van der Waals surface area contributed by atoms with Crippen LogP contribution in [-0.2, 0) is 23.6 Å². The number of halogens is 2. The molecule has 0 saturated carbocycles. The van der Waals surface area contributed by atoms with Gasteiger partial charge in [0.2, 0.25) is 0 Å². The normalized spacial score (nSPS) is 23.6. The van der Waals surface area contributed by atoms with Crippen LogP contribution in [0, 0.1) is 11.7 Å². The average Bonchev–Trinajstić information content (AvgIpc) is 2.84. The van der Waals surface area contributed by atoms with Gasteiger partial charge < -0.3 is 4.74 Å². The predicted molar refractivity (Wildman–Crippen MR) is 102 cm³/mol. The fraction of sp³-hybridized carbons (Fsp3) is 0.421. The molecule has 1 fully saturated rings. The molecule has 0 N–H and O–H groups in total. The van der Waals surface area contributed by atoms with Crippen LogP contribution in [0.25, 0.3) is 0 Å². The summed E-state index contributed by atoms with van der Waals surface area (Å²) in [4.78, 5) is 30.8. The summed E-state index contributed by atoms with van der Waals surface area (Å²) < 4.78 is 23.0. The summed E-state index contributed by atoms with van der Waals surface area (Å²) >= 11 is 3.21. The SMILES string of the molecule is Cn1c2c(c(=O)n1C)C(c1ccc(F)c(Br)c1)C1C(=O)C(C)(C)OCC1=N2. The fourth-order valence-electron chi connectivity index (χ4n) is 3.88. The zero-order valence-electron chi connectivity index (χ0n) is 15.4. The maximum absolute atomic E-state index is 13.8. The standard InChI is InChI=1S/C19H19BrFN3O3/c1-19(2)16(25)14-12(8-27-19)22-17-15(18(26)24(4)23(17)3)13(14)9-5-6-11(21)10(20)7-9/h5-7,13-14H,8H2,1-4H3. The second-order valence-electron chi connectivity index (χ2n) is 7.48. The minimum absolute atomic E-state index is 0.130. The molecule has 0 amide bonds. The quantitative estimate of drug-likeness (QED) is 0.691. The Morgan fingerprint density at radius 2 is 1.93 bits per heavy atom. The minimum atomic E-state index is -0.975. The van der Waals surface area contributed by atoms with E-state index in [0.29, 0.717) is 22.7 Å². The first-order valence-corrected chi connectivity index (χ1v) is 9.39.